The van der Waals surface area contributed by atoms with Gasteiger partial charge in [0.1, 0.15) is 11.2 Å². The Labute approximate surface area is 70.5 Å². The highest BCUT2D eigenvalue weighted by Crippen LogP contribution is 2.38. The molecule has 12 heavy (non-hydrogen) atoms. The second-order valence-electron chi connectivity index (χ2n) is 3.34. The Hall–Kier alpha value is -0.900. The molecule has 0 aromatic carbocycles. The molecule has 0 aromatic heterocycles. The minimum atomic E-state index is -1.17. The highest BCUT2D eigenvalue weighted by molar-refractivity contribution is 6.03. The van der Waals surface area contributed by atoms with E-state index >= 15 is 0 Å². The molecule has 1 N–H and O–H groups in total. The Balaban J connectivity index is 3.04. The number of esters is 1. The first-order valence-electron chi connectivity index (χ1n) is 3.81. The third-order valence-electron chi connectivity index (χ3n) is 2.72. The predicted octanol–water partition coefficient (Wildman–Crippen LogP) is 0.0930. The highest BCUT2D eigenvalue weighted by Gasteiger charge is 2.54. The normalized spacial score (nSPS) is 41.2. The van der Waals surface area contributed by atoms with E-state index in [0.29, 0.717) is 0 Å². The Kier molecular flexibility index (Phi) is 1.96. The van der Waals surface area contributed by atoms with E-state index in [1.54, 1.807) is 6.92 Å². The molecule has 1 heterocycles. The minimum Gasteiger partial charge on any atom is -0.435 e. The molecule has 0 radical (unpaired) electrons. The number of Topliss-reactive ketones (excluding diaryl/α,β-unsaturated/α-hetero) is 1. The minimum absolute atomic E-state index is 0.267. The van der Waals surface area contributed by atoms with Crippen LogP contribution in [0.5, 0.6) is 0 Å². The first-order valence-corrected chi connectivity index (χ1v) is 3.81. The van der Waals surface area contributed by atoms with Gasteiger partial charge in [0.15, 0.2) is 0 Å². The standard InChI is InChI=1S/C8H12O4/c1-4-6(10)12-7(11)8(4,3)5(2)9/h4,6,10H,1-3H3/t4-,6+,8+/m1/s1. The quantitative estimate of drug-likeness (QED) is 0.450. The number of ketones is 1. The van der Waals surface area contributed by atoms with Gasteiger partial charge in [0.2, 0.25) is 6.29 Å². The molecule has 0 unspecified atom stereocenters. The number of carbonyl (C=O) groups is 2. The molecule has 1 aliphatic heterocycles. The number of carbonyl (C=O) groups excluding carboxylic acids is 2. The summed E-state index contributed by atoms with van der Waals surface area (Å²) >= 11 is 0. The van der Waals surface area contributed by atoms with Crippen LogP contribution in [-0.2, 0) is 14.3 Å². The predicted molar refractivity (Wildman–Crippen MR) is 40.1 cm³/mol. The lowest BCUT2D eigenvalue weighted by molar-refractivity contribution is -0.159. The fourth-order valence-corrected chi connectivity index (χ4v) is 1.27. The lowest BCUT2D eigenvalue weighted by Crippen LogP contribution is -2.36. The molecule has 0 bridgehead atoms. The van der Waals surface area contributed by atoms with E-state index in [9.17, 15) is 9.59 Å². The molecule has 1 rings (SSSR count). The number of hydrogen-bond acceptors (Lipinski definition) is 4. The van der Waals surface area contributed by atoms with Crippen LogP contribution in [0, 0.1) is 11.3 Å². The number of ether oxygens (including phenoxy) is 1. The van der Waals surface area contributed by atoms with Crippen molar-refractivity contribution in [2.75, 3.05) is 0 Å². The number of aliphatic hydroxyl groups excluding tert-OH is 1. The van der Waals surface area contributed by atoms with Crippen LogP contribution >= 0.6 is 0 Å². The molecule has 0 spiro atoms. The molecule has 1 aliphatic rings. The summed E-state index contributed by atoms with van der Waals surface area (Å²) < 4.78 is 4.55. The fourth-order valence-electron chi connectivity index (χ4n) is 1.27. The first-order chi connectivity index (χ1) is 5.40. The van der Waals surface area contributed by atoms with Crippen LogP contribution < -0.4 is 0 Å². The lowest BCUT2D eigenvalue weighted by atomic mass is 9.77. The second kappa shape index (κ2) is 2.55. The first kappa shape index (κ1) is 9.19. The molecule has 0 aliphatic carbocycles. The van der Waals surface area contributed by atoms with Crippen LogP contribution in [0.2, 0.25) is 0 Å². The third-order valence-corrected chi connectivity index (χ3v) is 2.72. The fraction of sp³-hybridized carbons (Fsp3) is 0.750. The second-order valence-corrected chi connectivity index (χ2v) is 3.34. The van der Waals surface area contributed by atoms with Crippen molar-refractivity contribution in [3.63, 3.8) is 0 Å². The van der Waals surface area contributed by atoms with Crippen LogP contribution in [0.1, 0.15) is 20.8 Å². The van der Waals surface area contributed by atoms with Crippen LogP contribution in [0.4, 0.5) is 0 Å². The van der Waals surface area contributed by atoms with Crippen molar-refractivity contribution in [1.29, 1.82) is 0 Å². The average Bonchev–Trinajstić information content (AvgIpc) is 2.16. The van der Waals surface area contributed by atoms with Gasteiger partial charge in [0.25, 0.3) is 0 Å². The Morgan fingerprint density at radius 3 is 2.33 bits per heavy atom. The smallest absolute Gasteiger partial charge is 0.322 e. The van der Waals surface area contributed by atoms with Crippen LogP contribution in [-0.4, -0.2) is 23.1 Å². The molecule has 0 aromatic rings. The summed E-state index contributed by atoms with van der Waals surface area (Å²) in [4.78, 5) is 22.3. The van der Waals surface area contributed by atoms with E-state index in [-0.39, 0.29) is 5.78 Å². The van der Waals surface area contributed by atoms with Gasteiger partial charge in [0.05, 0.1) is 0 Å². The summed E-state index contributed by atoms with van der Waals surface area (Å²) in [6.07, 6.45) is -1.15. The summed E-state index contributed by atoms with van der Waals surface area (Å²) in [5, 5.41) is 9.16. The van der Waals surface area contributed by atoms with E-state index in [1.165, 1.54) is 13.8 Å². The largest absolute Gasteiger partial charge is 0.435 e. The maximum Gasteiger partial charge on any atom is 0.322 e. The van der Waals surface area contributed by atoms with Gasteiger partial charge in [-0.2, -0.15) is 0 Å². The molecule has 3 atom stereocenters. The Morgan fingerprint density at radius 1 is 1.67 bits per heavy atom. The number of cyclic esters (lactones) is 1. The molecule has 4 nitrogen and oxygen atoms in total. The van der Waals surface area contributed by atoms with Gasteiger partial charge in [-0.15, -0.1) is 0 Å². The van der Waals surface area contributed by atoms with Crippen molar-refractivity contribution in [3.05, 3.63) is 0 Å². The van der Waals surface area contributed by atoms with Gasteiger partial charge in [-0.25, -0.2) is 0 Å². The monoisotopic (exact) mass is 172 g/mol. The Bertz CT molecular complexity index is 235. The lowest BCUT2D eigenvalue weighted by Gasteiger charge is -2.20. The zero-order valence-electron chi connectivity index (χ0n) is 7.33. The van der Waals surface area contributed by atoms with E-state index in [2.05, 4.69) is 4.74 Å². The van der Waals surface area contributed by atoms with Crippen molar-refractivity contribution in [2.45, 2.75) is 27.1 Å². The zero-order chi connectivity index (χ0) is 9.52. The third kappa shape index (κ3) is 0.948. The number of aliphatic hydroxyl groups is 1. The van der Waals surface area contributed by atoms with Crippen LogP contribution in [0.15, 0.2) is 0 Å². The van der Waals surface area contributed by atoms with Gasteiger partial charge < -0.3 is 9.84 Å². The van der Waals surface area contributed by atoms with Crippen molar-refractivity contribution >= 4 is 11.8 Å². The average molecular weight is 172 g/mol. The van der Waals surface area contributed by atoms with Gasteiger partial charge in [-0.1, -0.05) is 6.92 Å². The van der Waals surface area contributed by atoms with Crippen molar-refractivity contribution < 1.29 is 19.4 Å². The van der Waals surface area contributed by atoms with Crippen molar-refractivity contribution in [2.24, 2.45) is 11.3 Å². The topological polar surface area (TPSA) is 63.6 Å². The summed E-state index contributed by atoms with van der Waals surface area (Å²) in [7, 11) is 0. The molecule has 1 fully saturated rings. The molecule has 1 saturated heterocycles. The van der Waals surface area contributed by atoms with Gasteiger partial charge >= 0.3 is 5.97 Å². The molecule has 68 valence electrons. The van der Waals surface area contributed by atoms with E-state index in [4.69, 9.17) is 5.11 Å². The van der Waals surface area contributed by atoms with Crippen LogP contribution in [0.3, 0.4) is 0 Å². The number of hydrogen-bond donors (Lipinski definition) is 1. The summed E-state index contributed by atoms with van der Waals surface area (Å²) in [6, 6.07) is 0. The van der Waals surface area contributed by atoms with Crippen LogP contribution in [0.25, 0.3) is 0 Å². The molecule has 0 amide bonds. The van der Waals surface area contributed by atoms with Crippen molar-refractivity contribution in [1.82, 2.24) is 0 Å². The summed E-state index contributed by atoms with van der Waals surface area (Å²) in [5.74, 6) is -1.37. The van der Waals surface area contributed by atoms with Gasteiger partial charge in [-0.05, 0) is 13.8 Å². The maximum absolute atomic E-state index is 11.2. The highest BCUT2D eigenvalue weighted by atomic mass is 16.6. The zero-order valence-corrected chi connectivity index (χ0v) is 7.33. The van der Waals surface area contributed by atoms with Crippen molar-refractivity contribution in [3.8, 4) is 0 Å². The van der Waals surface area contributed by atoms with E-state index < -0.39 is 23.6 Å². The number of rotatable bonds is 1. The maximum atomic E-state index is 11.2. The van der Waals surface area contributed by atoms with Gasteiger partial charge in [0, 0.05) is 5.92 Å². The Morgan fingerprint density at radius 2 is 2.17 bits per heavy atom. The SMILES string of the molecule is CC(=O)[C@@]1(C)C(=O)O[C@H](O)[C@H]1C. The van der Waals surface area contributed by atoms with Gasteiger partial charge in [-0.3, -0.25) is 9.59 Å². The molecular formula is C8H12O4. The summed E-state index contributed by atoms with van der Waals surface area (Å²) in [6.45, 7) is 4.45. The van der Waals surface area contributed by atoms with E-state index in [0.717, 1.165) is 0 Å². The van der Waals surface area contributed by atoms with E-state index in [1.807, 2.05) is 0 Å². The summed E-state index contributed by atoms with van der Waals surface area (Å²) in [5.41, 5.74) is -1.17. The molecular weight excluding hydrogens is 160 g/mol. The molecule has 0 saturated carbocycles. The molecule has 4 heteroatoms.